The van der Waals surface area contributed by atoms with Crippen molar-refractivity contribution in [2.45, 2.75) is 19.9 Å². The van der Waals surface area contributed by atoms with Crippen LogP contribution in [0.5, 0.6) is 0 Å². The third kappa shape index (κ3) is 4.55. The van der Waals surface area contributed by atoms with E-state index in [1.54, 1.807) is 32.2 Å². The highest BCUT2D eigenvalue weighted by Gasteiger charge is 2.16. The number of aromatic carboxylic acids is 1. The van der Waals surface area contributed by atoms with Gasteiger partial charge in [0.1, 0.15) is 6.04 Å². The van der Waals surface area contributed by atoms with Crippen LogP contribution in [-0.4, -0.2) is 43.3 Å². The van der Waals surface area contributed by atoms with Crippen molar-refractivity contribution in [2.75, 3.05) is 25.6 Å². The molecule has 0 heterocycles. The summed E-state index contributed by atoms with van der Waals surface area (Å²) >= 11 is 0. The Balaban J connectivity index is 2.72. The minimum absolute atomic E-state index is 0.154. The zero-order valence-electron chi connectivity index (χ0n) is 11.9. The number of anilines is 1. The zero-order valence-corrected chi connectivity index (χ0v) is 11.9. The zero-order chi connectivity index (χ0) is 15.1. The highest BCUT2D eigenvalue weighted by atomic mass is 16.5. The quantitative estimate of drug-likeness (QED) is 0.654. The first-order valence-corrected chi connectivity index (χ1v) is 6.33. The third-order valence-corrected chi connectivity index (χ3v) is 2.78. The van der Waals surface area contributed by atoms with E-state index in [1.807, 2.05) is 6.92 Å². The van der Waals surface area contributed by atoms with Gasteiger partial charge in [0, 0.05) is 19.3 Å². The van der Waals surface area contributed by atoms with Crippen LogP contribution in [0.25, 0.3) is 0 Å². The molecule has 0 aliphatic heterocycles. The largest absolute Gasteiger partial charge is 0.478 e. The number of nitrogens with one attached hydrogen (secondary N) is 2. The Morgan fingerprint density at radius 3 is 2.70 bits per heavy atom. The molecule has 1 unspecified atom stereocenters. The Labute approximate surface area is 118 Å². The second-order valence-corrected chi connectivity index (χ2v) is 4.50. The molecule has 0 aliphatic carbocycles. The van der Waals surface area contributed by atoms with Crippen LogP contribution < -0.4 is 10.6 Å². The summed E-state index contributed by atoms with van der Waals surface area (Å²) in [6, 6.07) is 4.50. The maximum atomic E-state index is 11.8. The van der Waals surface area contributed by atoms with Gasteiger partial charge in [-0.05, 0) is 26.0 Å². The van der Waals surface area contributed by atoms with E-state index in [0.717, 1.165) is 5.56 Å². The summed E-state index contributed by atoms with van der Waals surface area (Å²) < 4.78 is 4.84. The van der Waals surface area contributed by atoms with E-state index in [1.165, 1.54) is 0 Å². The van der Waals surface area contributed by atoms with E-state index < -0.39 is 12.0 Å². The van der Waals surface area contributed by atoms with E-state index in [4.69, 9.17) is 9.84 Å². The lowest BCUT2D eigenvalue weighted by Gasteiger charge is -2.17. The van der Waals surface area contributed by atoms with Crippen molar-refractivity contribution in [1.82, 2.24) is 5.32 Å². The van der Waals surface area contributed by atoms with Crippen LogP contribution in [0, 0.1) is 6.92 Å². The van der Waals surface area contributed by atoms with Crippen molar-refractivity contribution in [3.8, 4) is 0 Å². The number of carbonyl (C=O) groups excluding carboxylic acids is 1. The van der Waals surface area contributed by atoms with E-state index in [0.29, 0.717) is 18.8 Å². The van der Waals surface area contributed by atoms with Crippen LogP contribution in [0.4, 0.5) is 5.69 Å². The number of rotatable bonds is 7. The van der Waals surface area contributed by atoms with E-state index in [9.17, 15) is 9.59 Å². The fraction of sp³-hybridized carbons (Fsp3) is 0.429. The van der Waals surface area contributed by atoms with Gasteiger partial charge < -0.3 is 20.5 Å². The summed E-state index contributed by atoms with van der Waals surface area (Å²) in [4.78, 5) is 23.0. The van der Waals surface area contributed by atoms with Crippen LogP contribution in [0.15, 0.2) is 18.2 Å². The minimum atomic E-state index is -1.02. The van der Waals surface area contributed by atoms with Gasteiger partial charge in [0.25, 0.3) is 0 Å². The number of ether oxygens (including phenoxy) is 1. The number of carboxylic acid groups (broad SMARTS) is 1. The molecule has 0 spiro atoms. The van der Waals surface area contributed by atoms with Crippen molar-refractivity contribution in [1.29, 1.82) is 0 Å². The Morgan fingerprint density at radius 1 is 1.40 bits per heavy atom. The molecule has 0 aliphatic rings. The Morgan fingerprint density at radius 2 is 2.10 bits per heavy atom. The predicted octanol–water partition coefficient (Wildman–Crippen LogP) is 1.26. The first kappa shape index (κ1) is 16.0. The maximum absolute atomic E-state index is 11.8. The number of hydrogen-bond donors (Lipinski definition) is 3. The highest BCUT2D eigenvalue weighted by molar-refractivity contribution is 5.95. The van der Waals surface area contributed by atoms with Gasteiger partial charge in [-0.3, -0.25) is 4.79 Å². The normalized spacial score (nSPS) is 11.8. The summed E-state index contributed by atoms with van der Waals surface area (Å²) in [6.07, 6.45) is 0. The van der Waals surface area contributed by atoms with Crippen LogP contribution in [0.1, 0.15) is 22.8 Å². The maximum Gasteiger partial charge on any atom is 0.337 e. The van der Waals surface area contributed by atoms with Gasteiger partial charge >= 0.3 is 5.97 Å². The van der Waals surface area contributed by atoms with Crippen molar-refractivity contribution < 1.29 is 19.4 Å². The van der Waals surface area contributed by atoms with E-state index >= 15 is 0 Å². The molecule has 0 saturated heterocycles. The minimum Gasteiger partial charge on any atom is -0.478 e. The molecule has 0 fully saturated rings. The average molecular weight is 280 g/mol. The van der Waals surface area contributed by atoms with Crippen molar-refractivity contribution >= 4 is 17.6 Å². The molecule has 6 heteroatoms. The standard InChI is InChI=1S/C14H20N2O4/c1-9-4-5-12(11(8-9)14(18)19)16-10(2)13(17)15-6-7-20-3/h4-5,8,10,16H,6-7H2,1-3H3,(H,15,17)(H,18,19). The lowest BCUT2D eigenvalue weighted by Crippen LogP contribution is -2.39. The molecule has 20 heavy (non-hydrogen) atoms. The molecule has 1 amide bonds. The van der Waals surface area contributed by atoms with Crippen LogP contribution >= 0.6 is 0 Å². The van der Waals surface area contributed by atoms with Gasteiger partial charge in [0.2, 0.25) is 5.91 Å². The van der Waals surface area contributed by atoms with Gasteiger partial charge in [-0.2, -0.15) is 0 Å². The van der Waals surface area contributed by atoms with Gasteiger partial charge in [0.15, 0.2) is 0 Å². The molecule has 0 saturated carbocycles. The summed E-state index contributed by atoms with van der Waals surface area (Å²) in [5.74, 6) is -1.23. The first-order valence-electron chi connectivity index (χ1n) is 6.33. The number of amides is 1. The predicted molar refractivity (Wildman–Crippen MR) is 76.1 cm³/mol. The van der Waals surface area contributed by atoms with Crippen molar-refractivity contribution in [3.05, 3.63) is 29.3 Å². The molecule has 6 nitrogen and oxygen atoms in total. The van der Waals surface area contributed by atoms with Gasteiger partial charge in [-0.1, -0.05) is 11.6 Å². The number of hydrogen-bond acceptors (Lipinski definition) is 4. The molecule has 0 aromatic heterocycles. The molecule has 1 aromatic carbocycles. The average Bonchev–Trinajstić information content (AvgIpc) is 2.40. The molecule has 1 aromatic rings. The van der Waals surface area contributed by atoms with Crippen molar-refractivity contribution in [2.24, 2.45) is 0 Å². The molecule has 1 atom stereocenters. The Hall–Kier alpha value is -2.08. The second-order valence-electron chi connectivity index (χ2n) is 4.50. The van der Waals surface area contributed by atoms with Gasteiger partial charge in [-0.15, -0.1) is 0 Å². The van der Waals surface area contributed by atoms with Gasteiger partial charge in [0.05, 0.1) is 12.2 Å². The fourth-order valence-corrected chi connectivity index (χ4v) is 1.69. The van der Waals surface area contributed by atoms with Crippen molar-refractivity contribution in [3.63, 3.8) is 0 Å². The summed E-state index contributed by atoms with van der Waals surface area (Å²) in [5, 5.41) is 14.8. The smallest absolute Gasteiger partial charge is 0.337 e. The highest BCUT2D eigenvalue weighted by Crippen LogP contribution is 2.18. The summed E-state index contributed by atoms with van der Waals surface area (Å²) in [7, 11) is 1.55. The van der Waals surface area contributed by atoms with E-state index in [-0.39, 0.29) is 11.5 Å². The fourth-order valence-electron chi connectivity index (χ4n) is 1.69. The molecule has 110 valence electrons. The lowest BCUT2D eigenvalue weighted by atomic mass is 10.1. The first-order chi connectivity index (χ1) is 9.45. The van der Waals surface area contributed by atoms with Gasteiger partial charge in [-0.25, -0.2) is 4.79 Å². The number of carbonyl (C=O) groups is 2. The lowest BCUT2D eigenvalue weighted by molar-refractivity contribution is -0.121. The molecular weight excluding hydrogens is 260 g/mol. The number of carboxylic acids is 1. The summed E-state index contributed by atoms with van der Waals surface area (Å²) in [6.45, 7) is 4.34. The molecule has 0 radical (unpaired) electrons. The van der Waals surface area contributed by atoms with Crippen LogP contribution in [0.2, 0.25) is 0 Å². The third-order valence-electron chi connectivity index (χ3n) is 2.78. The number of benzene rings is 1. The Bertz CT molecular complexity index is 488. The molecule has 0 bridgehead atoms. The summed E-state index contributed by atoms with van der Waals surface area (Å²) in [5.41, 5.74) is 1.43. The molecule has 3 N–H and O–H groups in total. The molecule has 1 rings (SSSR count). The Kier molecular flexibility index (Phi) is 5.99. The monoisotopic (exact) mass is 280 g/mol. The van der Waals surface area contributed by atoms with Crippen LogP contribution in [0.3, 0.4) is 0 Å². The van der Waals surface area contributed by atoms with Crippen LogP contribution in [-0.2, 0) is 9.53 Å². The second kappa shape index (κ2) is 7.49. The number of methoxy groups -OCH3 is 1. The van der Waals surface area contributed by atoms with E-state index in [2.05, 4.69) is 10.6 Å². The topological polar surface area (TPSA) is 87.7 Å². The number of aryl methyl sites for hydroxylation is 1. The molecular formula is C14H20N2O4. The SMILES string of the molecule is COCCNC(=O)C(C)Nc1ccc(C)cc1C(=O)O.